The zero-order chi connectivity index (χ0) is 19.9. The summed E-state index contributed by atoms with van der Waals surface area (Å²) in [6.45, 7) is 5.92. The number of nitrogens with one attached hydrogen (secondary N) is 1. The number of benzene rings is 2. The molecular formula is C24H31N3O2. The lowest BCUT2D eigenvalue weighted by Crippen LogP contribution is -2.52. The molecule has 0 radical (unpaired) electrons. The Kier molecular flexibility index (Phi) is 6.93. The molecule has 0 spiro atoms. The number of piperazine rings is 1. The second-order valence-corrected chi connectivity index (χ2v) is 7.96. The van der Waals surface area contributed by atoms with Gasteiger partial charge in [0.25, 0.3) is 5.91 Å². The molecule has 5 heteroatoms. The molecule has 2 aliphatic heterocycles. The maximum atomic E-state index is 12.6. The van der Waals surface area contributed by atoms with Crippen molar-refractivity contribution >= 4 is 5.91 Å². The largest absolute Gasteiger partial charge is 0.368 e. The Labute approximate surface area is 173 Å². The number of ether oxygens (including phenoxy) is 1. The van der Waals surface area contributed by atoms with Crippen molar-refractivity contribution in [3.8, 4) is 0 Å². The summed E-state index contributed by atoms with van der Waals surface area (Å²) in [5, 5.41) is 3.74. The molecule has 154 valence electrons. The molecule has 0 aliphatic carbocycles. The van der Waals surface area contributed by atoms with Crippen LogP contribution in [0.25, 0.3) is 0 Å². The average Bonchev–Trinajstić information content (AvgIpc) is 3.33. The summed E-state index contributed by atoms with van der Waals surface area (Å²) in [5.74, 6) is 0.184. The van der Waals surface area contributed by atoms with Gasteiger partial charge in [-0.2, -0.15) is 0 Å². The summed E-state index contributed by atoms with van der Waals surface area (Å²) in [4.78, 5) is 17.0. The van der Waals surface area contributed by atoms with Crippen LogP contribution in [0.4, 0.5) is 0 Å². The molecule has 2 heterocycles. The van der Waals surface area contributed by atoms with Gasteiger partial charge >= 0.3 is 0 Å². The van der Waals surface area contributed by atoms with Gasteiger partial charge < -0.3 is 15.0 Å². The van der Waals surface area contributed by atoms with Crippen molar-refractivity contribution in [3.63, 3.8) is 0 Å². The first-order valence-electron chi connectivity index (χ1n) is 10.7. The van der Waals surface area contributed by atoms with Crippen LogP contribution in [0, 0.1) is 0 Å². The first kappa shape index (κ1) is 20.1. The number of amides is 1. The third-order valence-electron chi connectivity index (χ3n) is 5.93. The highest BCUT2D eigenvalue weighted by Crippen LogP contribution is 2.19. The predicted molar refractivity (Wildman–Crippen MR) is 114 cm³/mol. The molecule has 2 aromatic carbocycles. The molecule has 2 saturated heterocycles. The Morgan fingerprint density at radius 1 is 1.00 bits per heavy atom. The van der Waals surface area contributed by atoms with Crippen LogP contribution < -0.4 is 5.32 Å². The fourth-order valence-electron chi connectivity index (χ4n) is 4.20. The molecule has 29 heavy (non-hydrogen) atoms. The first-order valence-corrected chi connectivity index (χ1v) is 10.7. The third kappa shape index (κ3) is 5.44. The van der Waals surface area contributed by atoms with Gasteiger partial charge in [-0.1, -0.05) is 60.7 Å². The molecule has 2 unspecified atom stereocenters. The average molecular weight is 394 g/mol. The normalized spacial score (nSPS) is 21.2. The zero-order valence-electron chi connectivity index (χ0n) is 17.0. The van der Waals surface area contributed by atoms with Crippen molar-refractivity contribution in [1.82, 2.24) is 15.1 Å². The van der Waals surface area contributed by atoms with Crippen LogP contribution in [-0.4, -0.2) is 61.1 Å². The van der Waals surface area contributed by atoms with Gasteiger partial charge in [0.1, 0.15) is 6.10 Å². The number of rotatable bonds is 7. The van der Waals surface area contributed by atoms with Crippen LogP contribution in [0.3, 0.4) is 0 Å². The van der Waals surface area contributed by atoms with E-state index in [1.54, 1.807) is 0 Å². The van der Waals surface area contributed by atoms with Gasteiger partial charge in [0, 0.05) is 51.9 Å². The quantitative estimate of drug-likeness (QED) is 0.786. The van der Waals surface area contributed by atoms with Gasteiger partial charge in [-0.15, -0.1) is 0 Å². The van der Waals surface area contributed by atoms with Crippen molar-refractivity contribution in [1.29, 1.82) is 0 Å². The van der Waals surface area contributed by atoms with Crippen molar-refractivity contribution in [2.45, 2.75) is 31.5 Å². The summed E-state index contributed by atoms with van der Waals surface area (Å²) >= 11 is 0. The van der Waals surface area contributed by atoms with Crippen LogP contribution >= 0.6 is 0 Å². The smallest absolute Gasteiger partial charge is 0.251 e. The van der Waals surface area contributed by atoms with Crippen molar-refractivity contribution < 1.29 is 9.53 Å². The van der Waals surface area contributed by atoms with Gasteiger partial charge in [0.2, 0.25) is 0 Å². The van der Waals surface area contributed by atoms with E-state index in [0.717, 1.165) is 58.7 Å². The first-order chi connectivity index (χ1) is 14.3. The second kappa shape index (κ2) is 10.0. The molecule has 1 amide bonds. The maximum absolute atomic E-state index is 12.6. The molecule has 5 nitrogen and oxygen atoms in total. The van der Waals surface area contributed by atoms with E-state index in [-0.39, 0.29) is 18.1 Å². The third-order valence-corrected chi connectivity index (χ3v) is 5.93. The summed E-state index contributed by atoms with van der Waals surface area (Å²) in [6.07, 6.45) is 1.67. The van der Waals surface area contributed by atoms with E-state index in [9.17, 15) is 4.79 Å². The van der Waals surface area contributed by atoms with E-state index in [1.165, 1.54) is 11.1 Å². The van der Waals surface area contributed by atoms with E-state index in [0.29, 0.717) is 0 Å². The van der Waals surface area contributed by atoms with Gasteiger partial charge in [-0.05, 0) is 24.0 Å². The lowest BCUT2D eigenvalue weighted by atomic mass is 10.1. The van der Waals surface area contributed by atoms with E-state index in [2.05, 4.69) is 70.9 Å². The fourth-order valence-corrected chi connectivity index (χ4v) is 4.20. The number of hydrogen-bond donors (Lipinski definition) is 1. The van der Waals surface area contributed by atoms with Gasteiger partial charge in [0.15, 0.2) is 0 Å². The van der Waals surface area contributed by atoms with Crippen molar-refractivity contribution in [2.24, 2.45) is 0 Å². The highest BCUT2D eigenvalue weighted by atomic mass is 16.5. The molecule has 1 N–H and O–H groups in total. The number of carbonyl (C=O) groups is 1. The Hall–Kier alpha value is -2.21. The fraction of sp³-hybridized carbons (Fsp3) is 0.458. The predicted octanol–water partition coefficient (Wildman–Crippen LogP) is 2.84. The second-order valence-electron chi connectivity index (χ2n) is 7.96. The molecule has 2 atom stereocenters. The topological polar surface area (TPSA) is 44.8 Å². The van der Waals surface area contributed by atoms with Crippen LogP contribution in [0.2, 0.25) is 0 Å². The lowest BCUT2D eigenvalue weighted by Gasteiger charge is -2.37. The Morgan fingerprint density at radius 2 is 1.69 bits per heavy atom. The molecule has 2 aromatic rings. The summed E-state index contributed by atoms with van der Waals surface area (Å²) < 4.78 is 5.58. The highest BCUT2D eigenvalue weighted by Gasteiger charge is 2.30. The Morgan fingerprint density at radius 3 is 2.34 bits per heavy atom. The maximum Gasteiger partial charge on any atom is 0.251 e. The van der Waals surface area contributed by atoms with E-state index in [4.69, 9.17) is 4.74 Å². The van der Waals surface area contributed by atoms with E-state index in [1.807, 2.05) is 4.90 Å². The minimum atomic E-state index is -0.203. The van der Waals surface area contributed by atoms with Crippen molar-refractivity contribution in [2.75, 3.05) is 39.3 Å². The lowest BCUT2D eigenvalue weighted by molar-refractivity contribution is -0.142. The summed E-state index contributed by atoms with van der Waals surface area (Å²) in [5.41, 5.74) is 2.60. The zero-order valence-corrected chi connectivity index (χ0v) is 17.0. The Bertz CT molecular complexity index is 754. The molecule has 2 aliphatic rings. The minimum Gasteiger partial charge on any atom is -0.368 e. The molecule has 2 fully saturated rings. The molecule has 4 rings (SSSR count). The monoisotopic (exact) mass is 393 g/mol. The Balaban J connectivity index is 1.33. The van der Waals surface area contributed by atoms with Gasteiger partial charge in [-0.3, -0.25) is 9.69 Å². The van der Waals surface area contributed by atoms with E-state index < -0.39 is 0 Å². The molecule has 0 bridgehead atoms. The molecular weight excluding hydrogens is 362 g/mol. The highest BCUT2D eigenvalue weighted by molar-refractivity contribution is 5.81. The summed E-state index contributed by atoms with van der Waals surface area (Å²) in [7, 11) is 0. The van der Waals surface area contributed by atoms with Crippen LogP contribution in [-0.2, 0) is 16.1 Å². The summed E-state index contributed by atoms with van der Waals surface area (Å²) in [6, 6.07) is 21.4. The van der Waals surface area contributed by atoms with Crippen LogP contribution in [0.15, 0.2) is 60.7 Å². The molecule has 0 aromatic heterocycles. The number of carbonyl (C=O) groups excluding carboxylic acids is 1. The number of hydrogen-bond acceptors (Lipinski definition) is 4. The van der Waals surface area contributed by atoms with Crippen LogP contribution in [0.1, 0.15) is 30.0 Å². The van der Waals surface area contributed by atoms with Gasteiger partial charge in [-0.25, -0.2) is 0 Å². The van der Waals surface area contributed by atoms with E-state index >= 15 is 0 Å². The standard InChI is InChI=1S/C24H31N3O2/c28-24(23-12-7-17-29-23)27-15-13-26(14-16-27)19-22(21-10-5-2-6-11-21)25-18-20-8-3-1-4-9-20/h1-6,8-11,22-23,25H,7,12-19H2. The number of nitrogens with zero attached hydrogens (tertiary/aromatic N) is 2. The van der Waals surface area contributed by atoms with Crippen molar-refractivity contribution in [3.05, 3.63) is 71.8 Å². The van der Waals surface area contributed by atoms with Gasteiger partial charge in [0.05, 0.1) is 0 Å². The molecule has 0 saturated carbocycles. The SMILES string of the molecule is O=C(C1CCCO1)N1CCN(CC(NCc2ccccc2)c2ccccc2)CC1. The van der Waals surface area contributed by atoms with Crippen LogP contribution in [0.5, 0.6) is 0 Å². The minimum absolute atomic E-state index is 0.184.